The molecule has 3 aliphatic rings. The quantitative estimate of drug-likeness (QED) is 0.269. The number of hydrogen-bond acceptors (Lipinski definition) is 8. The minimum Gasteiger partial charge on any atom is -0.510 e. The third-order valence-electron chi connectivity index (χ3n) is 6.76. The molecule has 10 heteroatoms. The number of carbonyl (C=O) groups is 3. The first kappa shape index (κ1) is 22.7. The van der Waals surface area contributed by atoms with Gasteiger partial charge in [-0.25, -0.2) is 0 Å². The van der Waals surface area contributed by atoms with Gasteiger partial charge in [0.15, 0.2) is 11.4 Å². The van der Waals surface area contributed by atoms with Gasteiger partial charge in [-0.05, 0) is 73.1 Å². The Morgan fingerprint density at radius 3 is 2.47 bits per heavy atom. The molecule has 0 aliphatic heterocycles. The van der Waals surface area contributed by atoms with Gasteiger partial charge in [-0.1, -0.05) is 0 Å². The van der Waals surface area contributed by atoms with Crippen LogP contribution in [-0.2, 0) is 16.0 Å². The van der Waals surface area contributed by atoms with E-state index in [1.807, 2.05) is 0 Å². The van der Waals surface area contributed by atoms with Crippen molar-refractivity contribution >= 4 is 40.1 Å². The lowest BCUT2D eigenvalue weighted by Crippen LogP contribution is -2.64. The summed E-state index contributed by atoms with van der Waals surface area (Å²) in [6, 6.07) is 2.12. The third kappa shape index (κ3) is 2.85. The first-order chi connectivity index (χ1) is 15.0. The number of Topliss-reactive ketones (excluding diaryl/α,β-unsaturated/α-hetero) is 2. The van der Waals surface area contributed by atoms with Gasteiger partial charge in [0, 0.05) is 22.1 Å². The zero-order chi connectivity index (χ0) is 23.7. The summed E-state index contributed by atoms with van der Waals surface area (Å²) >= 11 is 2.07. The van der Waals surface area contributed by atoms with E-state index in [1.54, 1.807) is 25.1 Å². The summed E-state index contributed by atoms with van der Waals surface area (Å²) < 4.78 is 0.775. The van der Waals surface area contributed by atoms with Gasteiger partial charge in [-0.3, -0.25) is 19.3 Å². The highest BCUT2D eigenvalue weighted by atomic mass is 127. The summed E-state index contributed by atoms with van der Waals surface area (Å²) in [7, 11) is 4.52. The van der Waals surface area contributed by atoms with Crippen LogP contribution in [0.1, 0.15) is 22.3 Å². The van der Waals surface area contributed by atoms with Gasteiger partial charge in [-0.15, -0.1) is 0 Å². The molecule has 3 aliphatic carbocycles. The molecule has 0 aromatic heterocycles. The largest absolute Gasteiger partial charge is 0.510 e. The number of amides is 1. The minimum absolute atomic E-state index is 0.0362. The molecule has 4 atom stereocenters. The normalized spacial score (nSPS) is 29.6. The van der Waals surface area contributed by atoms with Crippen LogP contribution in [0, 0.1) is 15.4 Å². The maximum atomic E-state index is 13.4. The van der Waals surface area contributed by atoms with Gasteiger partial charge < -0.3 is 25.7 Å². The molecule has 1 amide bonds. The first-order valence-corrected chi connectivity index (χ1v) is 11.1. The maximum absolute atomic E-state index is 13.4. The molecule has 9 nitrogen and oxygen atoms in total. The fraction of sp³-hybridized carbons (Fsp3) is 0.409. The lowest BCUT2D eigenvalue weighted by Gasteiger charge is -2.50. The second-order valence-corrected chi connectivity index (χ2v) is 9.76. The van der Waals surface area contributed by atoms with Crippen LogP contribution in [0.25, 0.3) is 0 Å². The van der Waals surface area contributed by atoms with Crippen LogP contribution in [0.3, 0.4) is 0 Å². The molecule has 0 heterocycles. The average Bonchev–Trinajstić information content (AvgIpc) is 2.73. The van der Waals surface area contributed by atoms with E-state index in [4.69, 9.17) is 0 Å². The first-order valence-electron chi connectivity index (χ1n) is 10.0. The number of hydrogen-bond donors (Lipinski definition) is 5. The number of nitrogens with zero attached hydrogens (tertiary/aromatic N) is 1. The lowest BCUT2D eigenvalue weighted by atomic mass is 9.58. The van der Waals surface area contributed by atoms with Crippen molar-refractivity contribution in [2.45, 2.75) is 24.5 Å². The van der Waals surface area contributed by atoms with Crippen molar-refractivity contribution < 1.29 is 34.8 Å². The molecule has 170 valence electrons. The zero-order valence-electron chi connectivity index (χ0n) is 17.6. The van der Waals surface area contributed by atoms with E-state index in [9.17, 15) is 34.8 Å². The molecule has 1 aromatic carbocycles. The van der Waals surface area contributed by atoms with E-state index < -0.39 is 58.0 Å². The van der Waals surface area contributed by atoms with E-state index in [2.05, 4.69) is 27.9 Å². The van der Waals surface area contributed by atoms with Gasteiger partial charge in [0.05, 0.1) is 11.6 Å². The molecule has 4 rings (SSSR count). The van der Waals surface area contributed by atoms with Gasteiger partial charge in [-0.2, -0.15) is 0 Å². The van der Waals surface area contributed by atoms with Crippen LogP contribution in [0.2, 0.25) is 0 Å². The number of ketones is 2. The number of aliphatic hydroxyl groups excluding tert-OH is 2. The van der Waals surface area contributed by atoms with E-state index >= 15 is 0 Å². The minimum atomic E-state index is -2.57. The number of aliphatic hydroxyl groups is 3. The van der Waals surface area contributed by atoms with Crippen LogP contribution >= 0.6 is 22.6 Å². The van der Waals surface area contributed by atoms with E-state index in [-0.39, 0.29) is 23.3 Å². The van der Waals surface area contributed by atoms with E-state index in [0.29, 0.717) is 12.0 Å². The number of fused-ring (bicyclic) bond motifs is 3. The van der Waals surface area contributed by atoms with Crippen molar-refractivity contribution in [3.8, 4) is 5.75 Å². The molecule has 0 bridgehead atoms. The SMILES string of the molecule is CNC(=O)C1=C(O)[C@@H](N(C)C)[C@@H]2C[C@@H]3Cc4c(I)ccc(O)c4C(=O)C3=C(O)[C@]2(O)C1=O. The Bertz CT molecular complexity index is 1140. The molecule has 0 saturated heterocycles. The molecular weight excluding hydrogens is 531 g/mol. The Balaban J connectivity index is 1.97. The van der Waals surface area contributed by atoms with Crippen molar-refractivity contribution in [2.75, 3.05) is 21.1 Å². The van der Waals surface area contributed by atoms with Crippen LogP contribution in [-0.4, -0.2) is 75.6 Å². The Kier molecular flexibility index (Phi) is 5.37. The molecular formula is C22H23IN2O7. The van der Waals surface area contributed by atoms with Crippen LogP contribution < -0.4 is 5.32 Å². The fourth-order valence-corrected chi connectivity index (χ4v) is 5.99. The van der Waals surface area contributed by atoms with Crippen molar-refractivity contribution in [3.63, 3.8) is 0 Å². The Hall–Kier alpha value is -2.44. The summed E-state index contributed by atoms with van der Waals surface area (Å²) in [5.41, 5.74) is -2.70. The summed E-state index contributed by atoms with van der Waals surface area (Å²) in [4.78, 5) is 40.6. The van der Waals surface area contributed by atoms with Gasteiger partial charge >= 0.3 is 0 Å². The Morgan fingerprint density at radius 2 is 1.88 bits per heavy atom. The topological polar surface area (TPSA) is 147 Å². The Morgan fingerprint density at radius 1 is 1.22 bits per heavy atom. The van der Waals surface area contributed by atoms with Crippen molar-refractivity contribution in [3.05, 3.63) is 49.5 Å². The van der Waals surface area contributed by atoms with Gasteiger partial charge in [0.1, 0.15) is 22.8 Å². The fourth-order valence-electron chi connectivity index (χ4n) is 5.32. The molecule has 1 aromatic rings. The highest BCUT2D eigenvalue weighted by molar-refractivity contribution is 14.1. The molecule has 5 N–H and O–H groups in total. The van der Waals surface area contributed by atoms with Crippen molar-refractivity contribution in [1.29, 1.82) is 0 Å². The number of nitrogens with one attached hydrogen (secondary N) is 1. The number of aromatic hydroxyl groups is 1. The van der Waals surface area contributed by atoms with Crippen molar-refractivity contribution in [1.82, 2.24) is 10.2 Å². The average molecular weight is 554 g/mol. The monoisotopic (exact) mass is 554 g/mol. The number of allylic oxidation sites excluding steroid dienone is 1. The van der Waals surface area contributed by atoms with E-state index in [0.717, 1.165) is 3.57 Å². The van der Waals surface area contributed by atoms with Gasteiger partial charge in [0.25, 0.3) is 5.91 Å². The summed E-state index contributed by atoms with van der Waals surface area (Å²) in [6.45, 7) is 0. The predicted octanol–water partition coefficient (Wildman–Crippen LogP) is 0.986. The number of benzene rings is 1. The predicted molar refractivity (Wildman–Crippen MR) is 121 cm³/mol. The number of phenols is 1. The van der Waals surface area contributed by atoms with E-state index in [1.165, 1.54) is 13.1 Å². The van der Waals surface area contributed by atoms with Crippen molar-refractivity contribution in [2.24, 2.45) is 11.8 Å². The molecule has 32 heavy (non-hydrogen) atoms. The Labute approximate surface area is 197 Å². The van der Waals surface area contributed by atoms with Crippen LogP contribution in [0.15, 0.2) is 34.8 Å². The second kappa shape index (κ2) is 7.56. The number of carbonyl (C=O) groups excluding carboxylic acids is 3. The highest BCUT2D eigenvalue weighted by Crippen LogP contribution is 2.52. The maximum Gasteiger partial charge on any atom is 0.258 e. The molecule has 0 saturated carbocycles. The number of likely N-dealkylation sites (N-methyl/N-ethyl adjacent to an activating group) is 2. The molecule has 0 spiro atoms. The molecule has 0 unspecified atom stereocenters. The summed E-state index contributed by atoms with van der Waals surface area (Å²) in [6.07, 6.45) is 0.410. The molecule has 0 fully saturated rings. The second-order valence-electron chi connectivity index (χ2n) is 8.60. The standard InChI is InChI=1S/C22H23IN2O7/c1-24-21(31)15-18(28)16(25(2)3)10-7-8-6-9-11(23)4-5-12(26)14(9)17(27)13(8)19(29)22(10,32)20(15)30/h4-5,8,10,16,26,28-29,32H,6-7H2,1-3H3,(H,24,31)/t8-,10-,16-,22-/m0/s1. The third-order valence-corrected chi connectivity index (χ3v) is 7.77. The highest BCUT2D eigenvalue weighted by Gasteiger charge is 2.63. The lowest BCUT2D eigenvalue weighted by molar-refractivity contribution is -0.148. The molecule has 0 radical (unpaired) electrons. The van der Waals surface area contributed by atoms with Crippen LogP contribution in [0.4, 0.5) is 0 Å². The number of phenolic OH excluding ortho intramolecular Hbond substituents is 1. The van der Waals surface area contributed by atoms with Crippen LogP contribution in [0.5, 0.6) is 5.75 Å². The number of halogens is 1. The zero-order valence-corrected chi connectivity index (χ0v) is 19.8. The summed E-state index contributed by atoms with van der Waals surface area (Å²) in [5, 5.41) is 46.2. The summed E-state index contributed by atoms with van der Waals surface area (Å²) in [5.74, 6) is -5.82. The van der Waals surface area contributed by atoms with Gasteiger partial charge in [0.2, 0.25) is 5.78 Å². The smallest absolute Gasteiger partial charge is 0.258 e. The number of rotatable bonds is 2.